The van der Waals surface area contributed by atoms with E-state index >= 15 is 0 Å². The number of aryl methyl sites for hydroxylation is 1. The Bertz CT molecular complexity index is 1060. The molecule has 0 spiro atoms. The molecule has 3 aromatic rings. The maximum Gasteiger partial charge on any atom is 0.223 e. The number of fused-ring (bicyclic) bond motifs is 1. The smallest absolute Gasteiger partial charge is 0.223 e. The summed E-state index contributed by atoms with van der Waals surface area (Å²) < 4.78 is 2.18. The van der Waals surface area contributed by atoms with Crippen LogP contribution in [-0.4, -0.2) is 38.7 Å². The number of rotatable bonds is 7. The first-order chi connectivity index (χ1) is 15.5. The normalized spacial score (nSPS) is 15.1. The zero-order chi connectivity index (χ0) is 22.5. The number of nitrogens with zero attached hydrogens (tertiary/aromatic N) is 4. The molecule has 2 heterocycles. The second-order valence-corrected chi connectivity index (χ2v) is 8.75. The predicted octanol–water partition coefficient (Wildman–Crippen LogP) is 3.97. The molecule has 168 valence electrons. The van der Waals surface area contributed by atoms with Crippen molar-refractivity contribution in [3.63, 3.8) is 0 Å². The van der Waals surface area contributed by atoms with Crippen LogP contribution in [0.25, 0.3) is 11.1 Å². The van der Waals surface area contributed by atoms with Crippen molar-refractivity contribution in [1.82, 2.24) is 25.0 Å². The van der Waals surface area contributed by atoms with Crippen molar-refractivity contribution >= 4 is 5.91 Å². The van der Waals surface area contributed by atoms with Crippen LogP contribution in [0.1, 0.15) is 43.0 Å². The SMILES string of the molecule is CC[C@@H](C)C(=O)NCc1nnc2n1CCN(Cc1ccc(-c3ccccc3C)cc1)CC2. The first kappa shape index (κ1) is 22.2. The van der Waals surface area contributed by atoms with Crippen LogP contribution in [0.2, 0.25) is 0 Å². The van der Waals surface area contributed by atoms with Crippen LogP contribution in [0.4, 0.5) is 0 Å². The molecule has 6 nitrogen and oxygen atoms in total. The predicted molar refractivity (Wildman–Crippen MR) is 127 cm³/mol. The van der Waals surface area contributed by atoms with Crippen LogP contribution in [0.15, 0.2) is 48.5 Å². The van der Waals surface area contributed by atoms with Gasteiger partial charge in [0, 0.05) is 38.5 Å². The maximum atomic E-state index is 12.1. The summed E-state index contributed by atoms with van der Waals surface area (Å²) in [5.74, 6) is 1.96. The minimum Gasteiger partial charge on any atom is -0.349 e. The molecule has 1 atom stereocenters. The molecule has 0 unspecified atom stereocenters. The largest absolute Gasteiger partial charge is 0.349 e. The number of hydrogen-bond donors (Lipinski definition) is 1. The number of carbonyl (C=O) groups excluding carboxylic acids is 1. The van der Waals surface area contributed by atoms with Gasteiger partial charge in [-0.1, -0.05) is 62.4 Å². The number of hydrogen-bond acceptors (Lipinski definition) is 4. The fraction of sp³-hybridized carbons (Fsp3) is 0.423. The molecule has 0 aliphatic carbocycles. The second-order valence-electron chi connectivity index (χ2n) is 8.75. The highest BCUT2D eigenvalue weighted by atomic mass is 16.1. The molecule has 1 amide bonds. The molecule has 2 aromatic carbocycles. The molecule has 0 saturated carbocycles. The number of benzene rings is 2. The van der Waals surface area contributed by atoms with Gasteiger partial charge in [0.05, 0.1) is 6.54 Å². The summed E-state index contributed by atoms with van der Waals surface area (Å²) in [6.07, 6.45) is 1.71. The van der Waals surface area contributed by atoms with E-state index in [4.69, 9.17) is 0 Å². The lowest BCUT2D eigenvalue weighted by Gasteiger charge is -2.20. The molecule has 6 heteroatoms. The van der Waals surface area contributed by atoms with E-state index in [0.29, 0.717) is 6.54 Å². The monoisotopic (exact) mass is 431 g/mol. The zero-order valence-corrected chi connectivity index (χ0v) is 19.3. The van der Waals surface area contributed by atoms with Crippen molar-refractivity contribution < 1.29 is 4.79 Å². The molecular formula is C26H33N5O. The molecule has 0 bridgehead atoms. The molecule has 4 rings (SSSR count). The quantitative estimate of drug-likeness (QED) is 0.615. The summed E-state index contributed by atoms with van der Waals surface area (Å²) in [4.78, 5) is 14.6. The Morgan fingerprint density at radius 1 is 1.06 bits per heavy atom. The van der Waals surface area contributed by atoms with E-state index in [1.165, 1.54) is 22.3 Å². The molecule has 1 aliphatic heterocycles. The standard InChI is InChI=1S/C26H33N5O/c1-4-19(2)26(32)27-17-25-29-28-24-13-14-30(15-16-31(24)25)18-21-9-11-22(12-10-21)23-8-6-5-7-20(23)3/h5-12,19H,4,13-18H2,1-3H3,(H,27,32)/t19-/m1/s1. The van der Waals surface area contributed by atoms with Crippen molar-refractivity contribution in [2.45, 2.75) is 53.2 Å². The van der Waals surface area contributed by atoms with Gasteiger partial charge in [-0.25, -0.2) is 0 Å². The molecular weight excluding hydrogens is 398 g/mol. The minimum atomic E-state index is 0.0224. The molecule has 32 heavy (non-hydrogen) atoms. The highest BCUT2D eigenvalue weighted by Gasteiger charge is 2.20. The molecule has 0 radical (unpaired) electrons. The van der Waals surface area contributed by atoms with Gasteiger partial charge in [0.2, 0.25) is 5.91 Å². The van der Waals surface area contributed by atoms with E-state index in [2.05, 4.69) is 80.4 Å². The summed E-state index contributed by atoms with van der Waals surface area (Å²) in [5.41, 5.74) is 5.17. The highest BCUT2D eigenvalue weighted by molar-refractivity contribution is 5.78. The van der Waals surface area contributed by atoms with Gasteiger partial charge in [-0.2, -0.15) is 0 Å². The van der Waals surface area contributed by atoms with Crippen molar-refractivity contribution in [2.75, 3.05) is 13.1 Å². The maximum absolute atomic E-state index is 12.1. The second kappa shape index (κ2) is 10.1. The van der Waals surface area contributed by atoms with E-state index in [-0.39, 0.29) is 11.8 Å². The molecule has 1 aromatic heterocycles. The number of amides is 1. The molecule has 0 fully saturated rings. The van der Waals surface area contributed by atoms with Crippen LogP contribution in [-0.2, 0) is 30.8 Å². The average molecular weight is 432 g/mol. The summed E-state index contributed by atoms with van der Waals surface area (Å²) in [7, 11) is 0. The Hall–Kier alpha value is -2.99. The molecule has 1 N–H and O–H groups in total. The van der Waals surface area contributed by atoms with E-state index in [1.54, 1.807) is 0 Å². The van der Waals surface area contributed by atoms with E-state index in [0.717, 1.165) is 50.7 Å². The summed E-state index contributed by atoms with van der Waals surface area (Å²) in [5, 5.41) is 11.7. The third kappa shape index (κ3) is 5.07. The Morgan fingerprint density at radius 3 is 2.59 bits per heavy atom. The van der Waals surface area contributed by atoms with Gasteiger partial charge in [-0.05, 0) is 35.6 Å². The lowest BCUT2D eigenvalue weighted by atomic mass is 9.99. The van der Waals surface area contributed by atoms with Crippen molar-refractivity contribution in [3.05, 3.63) is 71.3 Å². The minimum absolute atomic E-state index is 0.0224. The van der Waals surface area contributed by atoms with Gasteiger partial charge < -0.3 is 9.88 Å². The van der Waals surface area contributed by atoms with Crippen LogP contribution >= 0.6 is 0 Å². The van der Waals surface area contributed by atoms with Gasteiger partial charge in [0.1, 0.15) is 5.82 Å². The van der Waals surface area contributed by atoms with Gasteiger partial charge in [-0.3, -0.25) is 9.69 Å². The van der Waals surface area contributed by atoms with Crippen LogP contribution < -0.4 is 5.32 Å². The zero-order valence-electron chi connectivity index (χ0n) is 19.3. The van der Waals surface area contributed by atoms with Crippen LogP contribution in [0.5, 0.6) is 0 Å². The first-order valence-electron chi connectivity index (χ1n) is 11.6. The lowest BCUT2D eigenvalue weighted by molar-refractivity contribution is -0.124. The molecule has 1 aliphatic rings. The van der Waals surface area contributed by atoms with Gasteiger partial charge >= 0.3 is 0 Å². The summed E-state index contributed by atoms with van der Waals surface area (Å²) in [6, 6.07) is 17.4. The summed E-state index contributed by atoms with van der Waals surface area (Å²) >= 11 is 0. The number of nitrogens with one attached hydrogen (secondary N) is 1. The van der Waals surface area contributed by atoms with Gasteiger partial charge in [0.15, 0.2) is 5.82 Å². The average Bonchev–Trinajstić information content (AvgIpc) is 3.10. The first-order valence-corrected chi connectivity index (χ1v) is 11.6. The van der Waals surface area contributed by atoms with Crippen LogP contribution in [0.3, 0.4) is 0 Å². The third-order valence-electron chi connectivity index (χ3n) is 6.49. The Kier molecular flexibility index (Phi) is 7.00. The van der Waals surface area contributed by atoms with Crippen molar-refractivity contribution in [1.29, 1.82) is 0 Å². The fourth-order valence-corrected chi connectivity index (χ4v) is 4.19. The van der Waals surface area contributed by atoms with Gasteiger partial charge in [0.25, 0.3) is 0 Å². The van der Waals surface area contributed by atoms with Crippen LogP contribution in [0, 0.1) is 12.8 Å². The lowest BCUT2D eigenvalue weighted by Crippen LogP contribution is -2.30. The number of aromatic nitrogens is 3. The fourth-order valence-electron chi connectivity index (χ4n) is 4.19. The summed E-state index contributed by atoms with van der Waals surface area (Å²) in [6.45, 7) is 10.2. The highest BCUT2D eigenvalue weighted by Crippen LogP contribution is 2.24. The van der Waals surface area contributed by atoms with E-state index in [1.807, 2.05) is 13.8 Å². The Labute approximate surface area is 190 Å². The van der Waals surface area contributed by atoms with Gasteiger partial charge in [-0.15, -0.1) is 10.2 Å². The van der Waals surface area contributed by atoms with Crippen molar-refractivity contribution in [2.24, 2.45) is 5.92 Å². The Balaban J connectivity index is 1.36. The topological polar surface area (TPSA) is 63.1 Å². The number of carbonyl (C=O) groups is 1. The van der Waals surface area contributed by atoms with Crippen molar-refractivity contribution in [3.8, 4) is 11.1 Å². The third-order valence-corrected chi connectivity index (χ3v) is 6.49. The Morgan fingerprint density at radius 2 is 1.84 bits per heavy atom. The van der Waals surface area contributed by atoms with E-state index in [9.17, 15) is 4.79 Å². The molecule has 0 saturated heterocycles. The van der Waals surface area contributed by atoms with E-state index < -0.39 is 0 Å².